The van der Waals surface area contributed by atoms with Crippen LogP contribution >= 0.6 is 92.8 Å². The summed E-state index contributed by atoms with van der Waals surface area (Å²) in [6, 6.07) is 1.35. The first-order chi connectivity index (χ1) is 9.68. The molecule has 0 heterocycles. The largest absolute Gasteiger partial charge is 0.505 e. The molecule has 9 heteroatoms. The van der Waals surface area contributed by atoms with E-state index in [1.165, 1.54) is 6.07 Å². The molecule has 0 unspecified atom stereocenters. The third-order valence-corrected chi connectivity index (χ3v) is 6.04. The highest BCUT2D eigenvalue weighted by molar-refractivity contribution is 6.57. The molecule has 112 valence electrons. The molecule has 0 fully saturated rings. The molecule has 0 bridgehead atoms. The molecule has 1 N–H and O–H groups in total. The molecule has 0 amide bonds. The maximum Gasteiger partial charge on any atom is 0.154 e. The monoisotopic (exact) mass is 442 g/mol. The topological polar surface area (TPSA) is 20.2 Å². The average molecular weight is 446 g/mol. The van der Waals surface area contributed by atoms with E-state index in [0.29, 0.717) is 0 Å². The molecule has 0 aliphatic heterocycles. The van der Waals surface area contributed by atoms with Gasteiger partial charge in [-0.25, -0.2) is 0 Å². The second kappa shape index (κ2) is 6.59. The van der Waals surface area contributed by atoms with E-state index < -0.39 is 0 Å². The van der Waals surface area contributed by atoms with Gasteiger partial charge in [0.05, 0.1) is 35.2 Å². The molecule has 2 rings (SSSR count). The summed E-state index contributed by atoms with van der Waals surface area (Å²) in [6.07, 6.45) is 0. The Bertz CT molecular complexity index is 727. The van der Waals surface area contributed by atoms with Crippen LogP contribution in [-0.4, -0.2) is 5.11 Å². The molecule has 0 atom stereocenters. The van der Waals surface area contributed by atoms with Gasteiger partial charge in [0.2, 0.25) is 0 Å². The number of rotatable bonds is 1. The average Bonchev–Trinajstić information content (AvgIpc) is 2.46. The Kier molecular flexibility index (Phi) is 5.62. The van der Waals surface area contributed by atoms with E-state index in [1.807, 2.05) is 0 Å². The van der Waals surface area contributed by atoms with Crippen LogP contribution in [0.3, 0.4) is 0 Å². The Morgan fingerprint density at radius 3 is 1.48 bits per heavy atom. The maximum atomic E-state index is 9.66. The van der Waals surface area contributed by atoms with Gasteiger partial charge in [-0.1, -0.05) is 92.8 Å². The lowest BCUT2D eigenvalue weighted by molar-refractivity contribution is 0.476. The fourth-order valence-electron chi connectivity index (χ4n) is 1.61. The number of halogens is 8. The first-order valence-electron chi connectivity index (χ1n) is 5.06. The van der Waals surface area contributed by atoms with E-state index in [2.05, 4.69) is 0 Å². The van der Waals surface area contributed by atoms with Gasteiger partial charge in [-0.05, 0) is 6.07 Å². The van der Waals surface area contributed by atoms with Gasteiger partial charge in [-0.2, -0.15) is 0 Å². The van der Waals surface area contributed by atoms with Crippen LogP contribution in [-0.2, 0) is 0 Å². The van der Waals surface area contributed by atoms with E-state index in [1.54, 1.807) is 0 Å². The van der Waals surface area contributed by atoms with Crippen molar-refractivity contribution >= 4 is 92.8 Å². The van der Waals surface area contributed by atoms with Crippen molar-refractivity contribution in [3.63, 3.8) is 0 Å². The predicted octanol–water partition coefficient (Wildman–Crippen LogP) is 8.29. The lowest BCUT2D eigenvalue weighted by atomic mass is 10.0. The first-order valence-corrected chi connectivity index (χ1v) is 8.09. The fourth-order valence-corrected chi connectivity index (χ4v) is 3.64. The van der Waals surface area contributed by atoms with Gasteiger partial charge in [0.1, 0.15) is 5.02 Å². The third kappa shape index (κ3) is 3.00. The lowest BCUT2D eigenvalue weighted by Crippen LogP contribution is -1.89. The Balaban J connectivity index is 2.93. The minimum Gasteiger partial charge on any atom is -0.505 e. The summed E-state index contributed by atoms with van der Waals surface area (Å²) in [7, 11) is 0. The molecular formula is C12H2Cl8O. The van der Waals surface area contributed by atoms with Crippen LogP contribution in [0.25, 0.3) is 11.1 Å². The van der Waals surface area contributed by atoms with Crippen LogP contribution in [0.15, 0.2) is 6.07 Å². The second-order valence-electron chi connectivity index (χ2n) is 3.83. The number of hydrogen-bond acceptors (Lipinski definition) is 1. The summed E-state index contributed by atoms with van der Waals surface area (Å²) in [4.78, 5) is 0. The quantitative estimate of drug-likeness (QED) is 0.346. The minimum atomic E-state index is -0.356. The van der Waals surface area contributed by atoms with Crippen LogP contribution in [0.4, 0.5) is 0 Å². The Morgan fingerprint density at radius 2 is 1.00 bits per heavy atom. The van der Waals surface area contributed by atoms with Crippen LogP contribution in [0, 0.1) is 0 Å². The standard InChI is InChI=1S/C12H2Cl8O/c13-3-1-2(5(14)11(20)12(3)21)4-6(15)8(17)10(19)9(18)7(4)16/h1,21H. The highest BCUT2D eigenvalue weighted by Gasteiger charge is 2.24. The van der Waals surface area contributed by atoms with E-state index in [-0.39, 0.29) is 57.1 Å². The van der Waals surface area contributed by atoms with Gasteiger partial charge in [-0.15, -0.1) is 0 Å². The zero-order valence-corrected chi connectivity index (χ0v) is 15.6. The molecule has 0 spiro atoms. The third-order valence-electron chi connectivity index (χ3n) is 2.61. The minimum absolute atomic E-state index is 0.00294. The maximum absolute atomic E-state index is 9.66. The van der Waals surface area contributed by atoms with Crippen molar-refractivity contribution in [2.75, 3.05) is 0 Å². The number of hydrogen-bond donors (Lipinski definition) is 1. The van der Waals surface area contributed by atoms with E-state index in [9.17, 15) is 5.11 Å². The smallest absolute Gasteiger partial charge is 0.154 e. The second-order valence-corrected chi connectivity index (χ2v) is 6.88. The molecule has 2 aromatic carbocycles. The normalized spacial score (nSPS) is 11.0. The fraction of sp³-hybridized carbons (Fsp3) is 0. The number of phenolic OH excluding ortho intramolecular Hbond substituents is 1. The van der Waals surface area contributed by atoms with Crippen molar-refractivity contribution < 1.29 is 5.11 Å². The zero-order chi connectivity index (χ0) is 16.1. The van der Waals surface area contributed by atoms with E-state index >= 15 is 0 Å². The summed E-state index contributed by atoms with van der Waals surface area (Å²) in [5, 5.41) is 9.60. The van der Waals surface area contributed by atoms with Crippen molar-refractivity contribution in [2.45, 2.75) is 0 Å². The Labute approximate surface area is 160 Å². The van der Waals surface area contributed by atoms with Gasteiger partial charge in [0.15, 0.2) is 5.75 Å². The van der Waals surface area contributed by atoms with Gasteiger partial charge < -0.3 is 5.11 Å². The predicted molar refractivity (Wildman–Crippen MR) is 93.6 cm³/mol. The molecule has 0 aliphatic rings. The van der Waals surface area contributed by atoms with Crippen molar-refractivity contribution in [1.82, 2.24) is 0 Å². The number of aromatic hydroxyl groups is 1. The first kappa shape index (κ1) is 17.9. The van der Waals surface area contributed by atoms with Crippen LogP contribution < -0.4 is 0 Å². The molecule has 0 aromatic heterocycles. The van der Waals surface area contributed by atoms with Crippen LogP contribution in [0.1, 0.15) is 0 Å². The van der Waals surface area contributed by atoms with Gasteiger partial charge >= 0.3 is 0 Å². The molecule has 21 heavy (non-hydrogen) atoms. The van der Waals surface area contributed by atoms with Crippen molar-refractivity contribution in [3.05, 3.63) is 46.2 Å². The Morgan fingerprint density at radius 1 is 0.571 bits per heavy atom. The van der Waals surface area contributed by atoms with Crippen molar-refractivity contribution in [1.29, 1.82) is 0 Å². The molecule has 0 aliphatic carbocycles. The van der Waals surface area contributed by atoms with Crippen molar-refractivity contribution in [2.24, 2.45) is 0 Å². The van der Waals surface area contributed by atoms with Crippen molar-refractivity contribution in [3.8, 4) is 16.9 Å². The summed E-state index contributed by atoms with van der Waals surface area (Å²) in [5.41, 5.74) is 0.478. The highest BCUT2D eigenvalue weighted by atomic mass is 35.5. The summed E-state index contributed by atoms with van der Waals surface area (Å²) >= 11 is 48.2. The number of phenols is 1. The molecule has 1 nitrogen and oxygen atoms in total. The van der Waals surface area contributed by atoms with E-state index in [4.69, 9.17) is 92.8 Å². The molecule has 2 aromatic rings. The van der Waals surface area contributed by atoms with E-state index in [0.717, 1.165) is 0 Å². The highest BCUT2D eigenvalue weighted by Crippen LogP contribution is 2.52. The molecule has 0 saturated heterocycles. The molecular weight excluding hydrogens is 444 g/mol. The molecule has 0 saturated carbocycles. The number of benzene rings is 2. The van der Waals surface area contributed by atoms with Gasteiger partial charge in [0, 0.05) is 11.1 Å². The van der Waals surface area contributed by atoms with Crippen LogP contribution in [0.5, 0.6) is 5.75 Å². The summed E-state index contributed by atoms with van der Waals surface area (Å²) < 4.78 is 0. The molecule has 0 radical (unpaired) electrons. The Hall–Kier alpha value is 0.560. The van der Waals surface area contributed by atoms with Gasteiger partial charge in [0.25, 0.3) is 0 Å². The van der Waals surface area contributed by atoms with Gasteiger partial charge in [-0.3, -0.25) is 0 Å². The summed E-state index contributed by atoms with van der Waals surface area (Å²) in [5.74, 6) is -0.356. The SMILES string of the molecule is Oc1c(Cl)cc(-c2c(Cl)c(Cl)c(Cl)c(Cl)c2Cl)c(Cl)c1Cl. The lowest BCUT2D eigenvalue weighted by Gasteiger charge is -2.15. The zero-order valence-electron chi connectivity index (χ0n) is 9.55. The van der Waals surface area contributed by atoms with Crippen LogP contribution in [0.2, 0.25) is 40.2 Å². The summed E-state index contributed by atoms with van der Waals surface area (Å²) in [6.45, 7) is 0.